The summed E-state index contributed by atoms with van der Waals surface area (Å²) in [6.07, 6.45) is 2.73. The van der Waals surface area contributed by atoms with Crippen LogP contribution in [0.4, 0.5) is 16.5 Å². The molecule has 0 saturated carbocycles. The molecule has 0 aliphatic rings. The Morgan fingerprint density at radius 1 is 1.11 bits per heavy atom. The average Bonchev–Trinajstić information content (AvgIpc) is 3.09. The summed E-state index contributed by atoms with van der Waals surface area (Å²) in [5.74, 6) is 0. The zero-order valence-corrected chi connectivity index (χ0v) is 17.7. The molecular formula is C20H19Cl2N5S. The summed E-state index contributed by atoms with van der Waals surface area (Å²) < 4.78 is 0.919. The van der Waals surface area contributed by atoms with E-state index in [-0.39, 0.29) is 0 Å². The normalized spacial score (nSPS) is 11.2. The van der Waals surface area contributed by atoms with Gasteiger partial charge in [-0.05, 0) is 42.8 Å². The van der Waals surface area contributed by atoms with Crippen LogP contribution in [0, 0.1) is 11.3 Å². The van der Waals surface area contributed by atoms with Gasteiger partial charge in [0.05, 0.1) is 38.4 Å². The van der Waals surface area contributed by atoms with Crippen molar-refractivity contribution in [2.45, 2.75) is 26.2 Å². The maximum Gasteiger partial charge on any atom is 0.231 e. The van der Waals surface area contributed by atoms with Crippen LogP contribution in [0.3, 0.4) is 0 Å². The molecule has 0 atom stereocenters. The molecule has 2 aromatic carbocycles. The second-order valence-electron chi connectivity index (χ2n) is 6.20. The second kappa shape index (κ2) is 9.83. The van der Waals surface area contributed by atoms with E-state index in [0.29, 0.717) is 21.6 Å². The minimum absolute atomic E-state index is 0.475. The Kier molecular flexibility index (Phi) is 7.21. The average molecular weight is 432 g/mol. The van der Waals surface area contributed by atoms with E-state index in [0.717, 1.165) is 47.5 Å². The van der Waals surface area contributed by atoms with Crippen molar-refractivity contribution in [1.82, 2.24) is 4.98 Å². The zero-order chi connectivity index (χ0) is 19.9. The highest BCUT2D eigenvalue weighted by atomic mass is 35.5. The minimum Gasteiger partial charge on any atom is -0.371 e. The highest BCUT2D eigenvalue weighted by molar-refractivity contribution is 7.22. The fourth-order valence-electron chi connectivity index (χ4n) is 2.69. The molecule has 0 aliphatic heterocycles. The van der Waals surface area contributed by atoms with Gasteiger partial charge in [0.1, 0.15) is 0 Å². The third-order valence-electron chi connectivity index (χ3n) is 4.16. The first-order valence-electron chi connectivity index (χ1n) is 9.00. The number of hydrogen-bond acceptors (Lipinski definition) is 6. The molecule has 0 amide bonds. The van der Waals surface area contributed by atoms with E-state index >= 15 is 0 Å². The number of fused-ring (bicyclic) bond motifs is 1. The lowest BCUT2D eigenvalue weighted by Gasteiger charge is -2.23. The maximum absolute atomic E-state index is 8.87. The predicted molar refractivity (Wildman–Crippen MR) is 118 cm³/mol. The number of aromatic nitrogens is 1. The number of azo groups is 1. The standard InChI is InChI=1S/C20H19Cl2N5S/c1-2-3-10-27(11-4-9-23)15-7-5-14(6-8-15)25-26-20-24-18-12-16(21)17(22)13-19(18)28-20/h5-8,12-13H,2-4,10-11H2,1H3. The largest absolute Gasteiger partial charge is 0.371 e. The van der Waals surface area contributed by atoms with Gasteiger partial charge in [0.15, 0.2) is 0 Å². The van der Waals surface area contributed by atoms with Crippen LogP contribution in [0.5, 0.6) is 0 Å². The highest BCUT2D eigenvalue weighted by Crippen LogP contribution is 2.34. The van der Waals surface area contributed by atoms with Crippen molar-refractivity contribution in [3.05, 3.63) is 46.4 Å². The molecule has 0 bridgehead atoms. The number of anilines is 1. The SMILES string of the molecule is CCCCN(CCC#N)c1ccc(N=Nc2nc3cc(Cl)c(Cl)cc3s2)cc1. The van der Waals surface area contributed by atoms with Crippen LogP contribution >= 0.6 is 34.5 Å². The quantitative estimate of drug-likeness (QED) is 0.345. The molecule has 0 N–H and O–H groups in total. The monoisotopic (exact) mass is 431 g/mol. The molecule has 28 heavy (non-hydrogen) atoms. The molecular weight excluding hydrogens is 413 g/mol. The molecule has 144 valence electrons. The van der Waals surface area contributed by atoms with Crippen LogP contribution in [-0.2, 0) is 0 Å². The van der Waals surface area contributed by atoms with Gasteiger partial charge in [-0.2, -0.15) is 5.26 Å². The summed E-state index contributed by atoms with van der Waals surface area (Å²) in [6, 6.07) is 13.6. The van der Waals surface area contributed by atoms with Gasteiger partial charge in [0, 0.05) is 18.8 Å². The lowest BCUT2D eigenvalue weighted by atomic mass is 10.2. The summed E-state index contributed by atoms with van der Waals surface area (Å²) >= 11 is 13.5. The lowest BCUT2D eigenvalue weighted by Crippen LogP contribution is -2.25. The predicted octanol–water partition coefficient (Wildman–Crippen LogP) is 7.54. The third-order valence-corrected chi connectivity index (χ3v) is 5.78. The number of unbranched alkanes of at least 4 members (excludes halogenated alkanes) is 1. The van der Waals surface area contributed by atoms with Crippen LogP contribution in [-0.4, -0.2) is 18.1 Å². The van der Waals surface area contributed by atoms with Crippen molar-refractivity contribution >= 4 is 61.3 Å². The molecule has 0 fully saturated rings. The van der Waals surface area contributed by atoms with E-state index in [1.807, 2.05) is 24.3 Å². The Balaban J connectivity index is 1.73. The molecule has 8 heteroatoms. The molecule has 0 aliphatic carbocycles. The van der Waals surface area contributed by atoms with Gasteiger partial charge in [-0.25, -0.2) is 4.98 Å². The van der Waals surface area contributed by atoms with Crippen molar-refractivity contribution in [2.24, 2.45) is 10.2 Å². The van der Waals surface area contributed by atoms with E-state index in [4.69, 9.17) is 28.5 Å². The van der Waals surface area contributed by atoms with Gasteiger partial charge < -0.3 is 4.90 Å². The van der Waals surface area contributed by atoms with Crippen molar-refractivity contribution in [2.75, 3.05) is 18.0 Å². The number of nitriles is 1. The number of benzene rings is 2. The Labute approximate surface area is 178 Å². The number of hydrogen-bond donors (Lipinski definition) is 0. The Hall–Kier alpha value is -2.20. The smallest absolute Gasteiger partial charge is 0.231 e. The molecule has 3 rings (SSSR count). The van der Waals surface area contributed by atoms with Gasteiger partial charge in [-0.15, -0.1) is 10.2 Å². The summed E-state index contributed by atoms with van der Waals surface area (Å²) in [4.78, 5) is 6.65. The van der Waals surface area contributed by atoms with Crippen molar-refractivity contribution in [3.8, 4) is 6.07 Å². The molecule has 1 heterocycles. The highest BCUT2D eigenvalue weighted by Gasteiger charge is 2.08. The van der Waals surface area contributed by atoms with E-state index in [9.17, 15) is 0 Å². The van der Waals surface area contributed by atoms with Crippen molar-refractivity contribution < 1.29 is 0 Å². The van der Waals surface area contributed by atoms with Gasteiger partial charge in [0.25, 0.3) is 0 Å². The number of thiazole rings is 1. The number of nitrogens with zero attached hydrogens (tertiary/aromatic N) is 5. The van der Waals surface area contributed by atoms with Crippen LogP contribution < -0.4 is 4.90 Å². The van der Waals surface area contributed by atoms with Crippen LogP contribution in [0.2, 0.25) is 10.0 Å². The molecule has 0 unspecified atom stereocenters. The molecule has 0 spiro atoms. The number of rotatable bonds is 8. The second-order valence-corrected chi connectivity index (χ2v) is 8.02. The van der Waals surface area contributed by atoms with E-state index in [1.165, 1.54) is 11.3 Å². The fourth-order valence-corrected chi connectivity index (χ4v) is 3.88. The van der Waals surface area contributed by atoms with Gasteiger partial charge in [-0.3, -0.25) is 0 Å². The topological polar surface area (TPSA) is 64.6 Å². The Morgan fingerprint density at radius 2 is 1.86 bits per heavy atom. The summed E-state index contributed by atoms with van der Waals surface area (Å²) in [7, 11) is 0. The molecule has 0 radical (unpaired) electrons. The Bertz CT molecular complexity index is 969. The van der Waals surface area contributed by atoms with E-state index in [2.05, 4.69) is 33.1 Å². The van der Waals surface area contributed by atoms with Gasteiger partial charge in [-0.1, -0.05) is 47.9 Å². The summed E-state index contributed by atoms with van der Waals surface area (Å²) in [5.41, 5.74) is 2.59. The molecule has 0 saturated heterocycles. The van der Waals surface area contributed by atoms with Crippen LogP contribution in [0.25, 0.3) is 10.2 Å². The first-order chi connectivity index (χ1) is 13.6. The first kappa shape index (κ1) is 20.5. The summed E-state index contributed by atoms with van der Waals surface area (Å²) in [5, 5.41) is 18.9. The minimum atomic E-state index is 0.475. The van der Waals surface area contributed by atoms with Crippen LogP contribution in [0.15, 0.2) is 46.6 Å². The molecule has 3 aromatic rings. The summed E-state index contributed by atoms with van der Waals surface area (Å²) in [6.45, 7) is 3.83. The van der Waals surface area contributed by atoms with E-state index in [1.54, 1.807) is 12.1 Å². The van der Waals surface area contributed by atoms with Crippen molar-refractivity contribution in [1.29, 1.82) is 5.26 Å². The van der Waals surface area contributed by atoms with Gasteiger partial charge >= 0.3 is 0 Å². The lowest BCUT2D eigenvalue weighted by molar-refractivity contribution is 0.718. The number of halogens is 2. The van der Waals surface area contributed by atoms with Crippen LogP contribution in [0.1, 0.15) is 26.2 Å². The van der Waals surface area contributed by atoms with E-state index < -0.39 is 0 Å². The first-order valence-corrected chi connectivity index (χ1v) is 10.6. The molecule has 5 nitrogen and oxygen atoms in total. The van der Waals surface area contributed by atoms with Crippen molar-refractivity contribution in [3.63, 3.8) is 0 Å². The van der Waals surface area contributed by atoms with Gasteiger partial charge in [0.2, 0.25) is 5.13 Å². The Morgan fingerprint density at radius 3 is 2.57 bits per heavy atom. The molecule has 1 aromatic heterocycles. The zero-order valence-electron chi connectivity index (χ0n) is 15.4. The fraction of sp³-hybridized carbons (Fsp3) is 0.300. The third kappa shape index (κ3) is 5.20. The maximum atomic E-state index is 8.87.